The third-order valence-corrected chi connectivity index (χ3v) is 2.30. The van der Waals surface area contributed by atoms with Crippen molar-refractivity contribution in [1.29, 1.82) is 0 Å². The molecular formula is C12H15N3O4. The van der Waals surface area contributed by atoms with Crippen molar-refractivity contribution in [1.82, 2.24) is 4.90 Å². The van der Waals surface area contributed by atoms with Crippen LogP contribution in [0.4, 0.5) is 10.5 Å². The van der Waals surface area contributed by atoms with Crippen LogP contribution in [0.1, 0.15) is 20.7 Å². The van der Waals surface area contributed by atoms with Crippen molar-refractivity contribution < 1.29 is 19.1 Å². The van der Waals surface area contributed by atoms with Gasteiger partial charge >= 0.3 is 6.09 Å². The summed E-state index contributed by atoms with van der Waals surface area (Å²) in [4.78, 5) is 35.5. The van der Waals surface area contributed by atoms with Gasteiger partial charge < -0.3 is 15.4 Å². The zero-order chi connectivity index (χ0) is 14.6. The number of carbonyl (C=O) groups is 3. The summed E-state index contributed by atoms with van der Waals surface area (Å²) in [5, 5.41) is 2.38. The van der Waals surface area contributed by atoms with Gasteiger partial charge in [-0.3, -0.25) is 14.9 Å². The number of benzene rings is 1. The van der Waals surface area contributed by atoms with E-state index >= 15 is 0 Å². The SMILES string of the molecule is COC(=O)Nc1cc(C(N)=O)cc(C(=O)N(C)C)c1. The molecule has 0 unspecified atom stereocenters. The molecule has 0 radical (unpaired) electrons. The Labute approximate surface area is 110 Å². The predicted molar refractivity (Wildman–Crippen MR) is 69.0 cm³/mol. The first-order valence-corrected chi connectivity index (χ1v) is 5.36. The molecule has 1 aromatic carbocycles. The summed E-state index contributed by atoms with van der Waals surface area (Å²) >= 11 is 0. The minimum absolute atomic E-state index is 0.124. The molecule has 0 saturated heterocycles. The molecule has 0 aromatic heterocycles. The molecule has 0 spiro atoms. The van der Waals surface area contributed by atoms with Crippen molar-refractivity contribution in [2.75, 3.05) is 26.5 Å². The van der Waals surface area contributed by atoms with E-state index in [-0.39, 0.29) is 22.7 Å². The molecule has 3 amide bonds. The van der Waals surface area contributed by atoms with Crippen LogP contribution in [0.25, 0.3) is 0 Å². The molecule has 1 rings (SSSR count). The number of carbonyl (C=O) groups excluding carboxylic acids is 3. The molecule has 0 aliphatic carbocycles. The fraction of sp³-hybridized carbons (Fsp3) is 0.250. The van der Waals surface area contributed by atoms with Gasteiger partial charge in [0, 0.05) is 30.9 Å². The summed E-state index contributed by atoms with van der Waals surface area (Å²) < 4.78 is 4.44. The molecule has 102 valence electrons. The van der Waals surface area contributed by atoms with Crippen molar-refractivity contribution in [2.45, 2.75) is 0 Å². The van der Waals surface area contributed by atoms with Crippen LogP contribution < -0.4 is 11.1 Å². The Hall–Kier alpha value is -2.57. The van der Waals surface area contributed by atoms with E-state index in [1.54, 1.807) is 14.1 Å². The number of nitrogens with one attached hydrogen (secondary N) is 1. The highest BCUT2D eigenvalue weighted by Crippen LogP contribution is 2.16. The van der Waals surface area contributed by atoms with Gasteiger partial charge in [-0.25, -0.2) is 4.79 Å². The molecule has 7 heteroatoms. The lowest BCUT2D eigenvalue weighted by Crippen LogP contribution is -2.23. The van der Waals surface area contributed by atoms with Gasteiger partial charge in [0.2, 0.25) is 5.91 Å². The highest BCUT2D eigenvalue weighted by molar-refractivity contribution is 6.01. The Morgan fingerprint density at radius 2 is 1.74 bits per heavy atom. The molecule has 1 aromatic rings. The largest absolute Gasteiger partial charge is 0.453 e. The molecule has 0 bridgehead atoms. The number of rotatable bonds is 3. The second kappa shape index (κ2) is 5.85. The summed E-state index contributed by atoms with van der Waals surface area (Å²) in [6, 6.07) is 4.17. The first-order chi connectivity index (χ1) is 8.85. The molecule has 0 heterocycles. The molecule has 0 saturated carbocycles. The standard InChI is InChI=1S/C12H15N3O4/c1-15(2)11(17)8-4-7(10(13)16)5-9(6-8)14-12(18)19-3/h4-6H,1-3H3,(H2,13,16)(H,14,18). The van der Waals surface area contributed by atoms with Crippen molar-refractivity contribution in [3.8, 4) is 0 Å². The summed E-state index contributed by atoms with van der Waals surface area (Å²) in [6.07, 6.45) is -0.704. The fourth-order valence-electron chi connectivity index (χ4n) is 1.39. The van der Waals surface area contributed by atoms with Crippen molar-refractivity contribution in [3.63, 3.8) is 0 Å². The maximum absolute atomic E-state index is 11.9. The first-order valence-electron chi connectivity index (χ1n) is 5.36. The Morgan fingerprint density at radius 3 is 2.21 bits per heavy atom. The number of ether oxygens (including phenoxy) is 1. The Bertz CT molecular complexity index is 526. The molecule has 0 fully saturated rings. The number of nitrogens with two attached hydrogens (primary N) is 1. The molecule has 19 heavy (non-hydrogen) atoms. The van der Waals surface area contributed by atoms with E-state index in [0.29, 0.717) is 0 Å². The molecule has 3 N–H and O–H groups in total. The average Bonchev–Trinajstić information content (AvgIpc) is 2.36. The number of hydrogen-bond donors (Lipinski definition) is 2. The monoisotopic (exact) mass is 265 g/mol. The molecule has 0 aliphatic heterocycles. The van der Waals surface area contributed by atoms with Crippen LogP contribution in [-0.4, -0.2) is 44.0 Å². The topological polar surface area (TPSA) is 102 Å². The Kier molecular flexibility index (Phi) is 4.46. The highest BCUT2D eigenvalue weighted by atomic mass is 16.5. The van der Waals surface area contributed by atoms with Gasteiger partial charge in [-0.15, -0.1) is 0 Å². The Morgan fingerprint density at radius 1 is 1.16 bits per heavy atom. The van der Waals surface area contributed by atoms with Crippen molar-refractivity contribution >= 4 is 23.6 Å². The second-order valence-corrected chi connectivity index (χ2v) is 3.98. The predicted octanol–water partition coefficient (Wildman–Crippen LogP) is 0.666. The highest BCUT2D eigenvalue weighted by Gasteiger charge is 2.14. The summed E-state index contributed by atoms with van der Waals surface area (Å²) in [7, 11) is 4.36. The number of primary amides is 1. The van der Waals surface area contributed by atoms with Crippen LogP contribution >= 0.6 is 0 Å². The third kappa shape index (κ3) is 3.70. The normalized spacial score (nSPS) is 9.63. The Balaban J connectivity index is 3.21. The van der Waals surface area contributed by atoms with Gasteiger partial charge in [0.15, 0.2) is 0 Å². The van der Waals surface area contributed by atoms with Crippen molar-refractivity contribution in [3.05, 3.63) is 29.3 Å². The zero-order valence-electron chi connectivity index (χ0n) is 10.9. The minimum Gasteiger partial charge on any atom is -0.453 e. The summed E-state index contributed by atoms with van der Waals surface area (Å²) in [5.74, 6) is -1.00. The van der Waals surface area contributed by atoms with Crippen LogP contribution in [0.2, 0.25) is 0 Å². The second-order valence-electron chi connectivity index (χ2n) is 3.98. The van der Waals surface area contributed by atoms with Gasteiger partial charge in [-0.05, 0) is 18.2 Å². The number of anilines is 1. The fourth-order valence-corrected chi connectivity index (χ4v) is 1.39. The van der Waals surface area contributed by atoms with Crippen LogP contribution in [0, 0.1) is 0 Å². The first kappa shape index (κ1) is 14.5. The van der Waals surface area contributed by atoms with Gasteiger partial charge in [-0.2, -0.15) is 0 Å². The zero-order valence-corrected chi connectivity index (χ0v) is 10.9. The van der Waals surface area contributed by atoms with Crippen LogP contribution in [0.3, 0.4) is 0 Å². The minimum atomic E-state index is -0.704. The quantitative estimate of drug-likeness (QED) is 0.838. The van der Waals surface area contributed by atoms with E-state index in [1.165, 1.54) is 30.2 Å². The van der Waals surface area contributed by atoms with Crippen LogP contribution in [0.15, 0.2) is 18.2 Å². The van der Waals surface area contributed by atoms with Gasteiger partial charge in [0.1, 0.15) is 0 Å². The molecular weight excluding hydrogens is 250 g/mol. The molecule has 7 nitrogen and oxygen atoms in total. The van der Waals surface area contributed by atoms with E-state index in [2.05, 4.69) is 10.1 Å². The lowest BCUT2D eigenvalue weighted by molar-refractivity contribution is 0.0827. The summed E-state index contributed by atoms with van der Waals surface area (Å²) in [6.45, 7) is 0. The van der Waals surface area contributed by atoms with Gasteiger partial charge in [-0.1, -0.05) is 0 Å². The van der Waals surface area contributed by atoms with E-state index in [9.17, 15) is 14.4 Å². The third-order valence-electron chi connectivity index (χ3n) is 2.30. The summed E-state index contributed by atoms with van der Waals surface area (Å²) in [5.41, 5.74) is 5.81. The number of nitrogens with zero attached hydrogens (tertiary/aromatic N) is 1. The molecule has 0 aliphatic rings. The van der Waals surface area contributed by atoms with E-state index in [0.717, 1.165) is 0 Å². The van der Waals surface area contributed by atoms with Crippen LogP contribution in [-0.2, 0) is 4.74 Å². The van der Waals surface area contributed by atoms with E-state index < -0.39 is 12.0 Å². The smallest absolute Gasteiger partial charge is 0.411 e. The maximum atomic E-state index is 11.9. The maximum Gasteiger partial charge on any atom is 0.411 e. The lowest BCUT2D eigenvalue weighted by Gasteiger charge is -2.13. The number of amides is 3. The number of hydrogen-bond acceptors (Lipinski definition) is 4. The van der Waals surface area contributed by atoms with E-state index in [1.807, 2.05) is 0 Å². The van der Waals surface area contributed by atoms with Gasteiger partial charge in [0.25, 0.3) is 5.91 Å². The number of methoxy groups -OCH3 is 1. The molecule has 0 atom stereocenters. The lowest BCUT2D eigenvalue weighted by atomic mass is 10.1. The van der Waals surface area contributed by atoms with Crippen molar-refractivity contribution in [2.24, 2.45) is 5.73 Å². The van der Waals surface area contributed by atoms with Gasteiger partial charge in [0.05, 0.1) is 7.11 Å². The van der Waals surface area contributed by atoms with E-state index in [4.69, 9.17) is 5.73 Å². The van der Waals surface area contributed by atoms with Crippen LogP contribution in [0.5, 0.6) is 0 Å². The average molecular weight is 265 g/mol.